The molecule has 21 heavy (non-hydrogen) atoms. The van der Waals surface area contributed by atoms with Crippen LogP contribution in [0.25, 0.3) is 0 Å². The number of hydrogen-bond donors (Lipinski definition) is 1. The number of likely N-dealkylation sites (tertiary alicyclic amines) is 1. The molecule has 4 nitrogen and oxygen atoms in total. The normalized spacial score (nSPS) is 16.1. The van der Waals surface area contributed by atoms with Gasteiger partial charge in [0.15, 0.2) is 0 Å². The van der Waals surface area contributed by atoms with Crippen molar-refractivity contribution in [1.82, 2.24) is 10.2 Å². The molecule has 1 atom stereocenters. The van der Waals surface area contributed by atoms with Gasteiger partial charge in [-0.05, 0) is 31.0 Å². The Bertz CT molecular complexity index is 528. The topological polar surface area (TPSA) is 49.4 Å². The standard InChI is InChI=1S/C15H18Cl2N2O2/c1-10(9-19-7-3-6-15(19)21)18-14(20)8-11-12(16)4-2-5-13(11)17/h2,4-5,10H,3,6-9H2,1H3,(H,18,20). The Labute approximate surface area is 134 Å². The van der Waals surface area contributed by atoms with Crippen molar-refractivity contribution >= 4 is 35.0 Å². The van der Waals surface area contributed by atoms with Gasteiger partial charge in [0.2, 0.25) is 11.8 Å². The monoisotopic (exact) mass is 328 g/mol. The summed E-state index contributed by atoms with van der Waals surface area (Å²) in [4.78, 5) is 25.4. The molecule has 1 unspecified atom stereocenters. The number of carbonyl (C=O) groups is 2. The molecule has 0 aliphatic carbocycles. The Morgan fingerprint density at radius 3 is 2.62 bits per heavy atom. The first-order valence-corrected chi connectivity index (χ1v) is 7.73. The highest BCUT2D eigenvalue weighted by Gasteiger charge is 2.22. The minimum atomic E-state index is -0.149. The van der Waals surface area contributed by atoms with Gasteiger partial charge in [0.1, 0.15) is 0 Å². The van der Waals surface area contributed by atoms with Crippen LogP contribution in [0.1, 0.15) is 25.3 Å². The summed E-state index contributed by atoms with van der Waals surface area (Å²) in [5.41, 5.74) is 0.628. The van der Waals surface area contributed by atoms with Crippen molar-refractivity contribution in [3.63, 3.8) is 0 Å². The number of rotatable bonds is 5. The van der Waals surface area contributed by atoms with Crippen LogP contribution in [0.4, 0.5) is 0 Å². The van der Waals surface area contributed by atoms with Gasteiger partial charge < -0.3 is 10.2 Å². The van der Waals surface area contributed by atoms with Crippen LogP contribution in [0.3, 0.4) is 0 Å². The molecule has 1 fully saturated rings. The molecule has 114 valence electrons. The molecule has 1 saturated heterocycles. The maximum atomic E-state index is 12.1. The summed E-state index contributed by atoms with van der Waals surface area (Å²) in [5.74, 6) is 0.00870. The predicted octanol–water partition coefficient (Wildman–Crippen LogP) is 2.66. The second-order valence-electron chi connectivity index (χ2n) is 5.29. The number of benzene rings is 1. The number of nitrogens with zero attached hydrogens (tertiary/aromatic N) is 1. The lowest BCUT2D eigenvalue weighted by Gasteiger charge is -2.21. The fraction of sp³-hybridized carbons (Fsp3) is 0.467. The van der Waals surface area contributed by atoms with Gasteiger partial charge in [-0.15, -0.1) is 0 Å². The minimum Gasteiger partial charge on any atom is -0.352 e. The van der Waals surface area contributed by atoms with E-state index in [1.807, 2.05) is 6.92 Å². The Morgan fingerprint density at radius 1 is 1.38 bits per heavy atom. The van der Waals surface area contributed by atoms with Crippen LogP contribution in [0.5, 0.6) is 0 Å². The van der Waals surface area contributed by atoms with Crippen LogP contribution in [0, 0.1) is 0 Å². The summed E-state index contributed by atoms with van der Waals surface area (Å²) in [6.07, 6.45) is 1.64. The molecule has 0 saturated carbocycles. The van der Waals surface area contributed by atoms with Crippen molar-refractivity contribution in [3.05, 3.63) is 33.8 Å². The number of nitrogens with one attached hydrogen (secondary N) is 1. The highest BCUT2D eigenvalue weighted by atomic mass is 35.5. The molecule has 0 aromatic heterocycles. The first-order valence-electron chi connectivity index (χ1n) is 6.97. The predicted molar refractivity (Wildman–Crippen MR) is 83.6 cm³/mol. The van der Waals surface area contributed by atoms with Crippen LogP contribution < -0.4 is 5.32 Å². The molecule has 0 spiro atoms. The van der Waals surface area contributed by atoms with Crippen LogP contribution >= 0.6 is 23.2 Å². The lowest BCUT2D eigenvalue weighted by molar-refractivity contribution is -0.129. The Kier molecular flexibility index (Phi) is 5.48. The zero-order valence-electron chi connectivity index (χ0n) is 11.9. The van der Waals surface area contributed by atoms with Crippen molar-refractivity contribution < 1.29 is 9.59 Å². The average Bonchev–Trinajstić information content (AvgIpc) is 2.79. The first-order chi connectivity index (χ1) is 9.97. The summed E-state index contributed by atoms with van der Waals surface area (Å²) < 4.78 is 0. The van der Waals surface area contributed by atoms with Gasteiger partial charge in [-0.3, -0.25) is 9.59 Å². The molecule has 1 aromatic carbocycles. The summed E-state index contributed by atoms with van der Waals surface area (Å²) in [6.45, 7) is 3.20. The van der Waals surface area contributed by atoms with E-state index >= 15 is 0 Å². The number of hydrogen-bond acceptors (Lipinski definition) is 2. The summed E-state index contributed by atoms with van der Waals surface area (Å²) >= 11 is 12.1. The van der Waals surface area contributed by atoms with Crippen LogP contribution in [0.15, 0.2) is 18.2 Å². The number of amides is 2. The number of halogens is 2. The SMILES string of the molecule is CC(CN1CCCC1=O)NC(=O)Cc1c(Cl)cccc1Cl. The molecule has 0 radical (unpaired) electrons. The zero-order chi connectivity index (χ0) is 15.4. The van der Waals surface area contributed by atoms with Crippen molar-refractivity contribution in [1.29, 1.82) is 0 Å². The van der Waals surface area contributed by atoms with Crippen molar-refractivity contribution in [2.75, 3.05) is 13.1 Å². The highest BCUT2D eigenvalue weighted by Crippen LogP contribution is 2.24. The Morgan fingerprint density at radius 2 is 2.05 bits per heavy atom. The van der Waals surface area contributed by atoms with E-state index < -0.39 is 0 Å². The zero-order valence-corrected chi connectivity index (χ0v) is 13.4. The van der Waals surface area contributed by atoms with E-state index in [0.717, 1.165) is 13.0 Å². The summed E-state index contributed by atoms with van der Waals surface area (Å²) in [6, 6.07) is 5.07. The Hall–Kier alpha value is -1.26. The van der Waals surface area contributed by atoms with Gasteiger partial charge in [-0.1, -0.05) is 29.3 Å². The summed E-state index contributed by atoms with van der Waals surface area (Å²) in [7, 11) is 0. The van der Waals surface area contributed by atoms with E-state index in [-0.39, 0.29) is 24.3 Å². The third kappa shape index (κ3) is 4.35. The van der Waals surface area contributed by atoms with Crippen LogP contribution in [0.2, 0.25) is 10.0 Å². The molecule has 2 rings (SSSR count). The van der Waals surface area contributed by atoms with E-state index in [0.29, 0.717) is 28.6 Å². The highest BCUT2D eigenvalue weighted by molar-refractivity contribution is 6.36. The van der Waals surface area contributed by atoms with Crippen molar-refractivity contribution in [3.8, 4) is 0 Å². The lowest BCUT2D eigenvalue weighted by atomic mass is 10.1. The third-order valence-corrected chi connectivity index (χ3v) is 4.18. The fourth-order valence-electron chi connectivity index (χ4n) is 2.46. The molecular formula is C15H18Cl2N2O2. The number of carbonyl (C=O) groups excluding carboxylic acids is 2. The van der Waals surface area contributed by atoms with E-state index in [1.54, 1.807) is 23.1 Å². The molecule has 1 heterocycles. The second-order valence-corrected chi connectivity index (χ2v) is 6.10. The van der Waals surface area contributed by atoms with Crippen LogP contribution in [-0.2, 0) is 16.0 Å². The largest absolute Gasteiger partial charge is 0.352 e. The van der Waals surface area contributed by atoms with E-state index in [1.165, 1.54) is 0 Å². The first kappa shape index (κ1) is 16.1. The molecular weight excluding hydrogens is 311 g/mol. The molecule has 1 aromatic rings. The van der Waals surface area contributed by atoms with Gasteiger partial charge in [-0.2, -0.15) is 0 Å². The molecule has 1 aliphatic rings. The van der Waals surface area contributed by atoms with Crippen LogP contribution in [-0.4, -0.2) is 35.8 Å². The quantitative estimate of drug-likeness (QED) is 0.903. The minimum absolute atomic E-state index is 0.0965. The molecule has 2 amide bonds. The van der Waals surface area contributed by atoms with Gasteiger partial charge >= 0.3 is 0 Å². The van der Waals surface area contributed by atoms with Gasteiger partial charge in [-0.25, -0.2) is 0 Å². The van der Waals surface area contributed by atoms with Gasteiger partial charge in [0.25, 0.3) is 0 Å². The molecule has 1 aliphatic heterocycles. The van der Waals surface area contributed by atoms with Crippen molar-refractivity contribution in [2.45, 2.75) is 32.2 Å². The maximum Gasteiger partial charge on any atom is 0.224 e. The van der Waals surface area contributed by atoms with Gasteiger partial charge in [0.05, 0.1) is 6.42 Å². The molecule has 0 bridgehead atoms. The summed E-state index contributed by atoms with van der Waals surface area (Å²) in [5, 5.41) is 3.85. The molecule has 6 heteroatoms. The van der Waals surface area contributed by atoms with E-state index in [2.05, 4.69) is 5.32 Å². The Balaban J connectivity index is 1.88. The molecule has 1 N–H and O–H groups in total. The van der Waals surface area contributed by atoms with Gasteiger partial charge in [0, 0.05) is 35.6 Å². The van der Waals surface area contributed by atoms with E-state index in [9.17, 15) is 9.59 Å². The fourth-order valence-corrected chi connectivity index (χ4v) is 2.99. The van der Waals surface area contributed by atoms with Crippen molar-refractivity contribution in [2.24, 2.45) is 0 Å². The van der Waals surface area contributed by atoms with E-state index in [4.69, 9.17) is 23.2 Å². The third-order valence-electron chi connectivity index (χ3n) is 3.47. The average molecular weight is 329 g/mol. The lowest BCUT2D eigenvalue weighted by Crippen LogP contribution is -2.43. The maximum absolute atomic E-state index is 12.1. The smallest absolute Gasteiger partial charge is 0.224 e. The second kappa shape index (κ2) is 7.14.